The molecule has 0 saturated heterocycles. The van der Waals surface area contributed by atoms with E-state index in [0.29, 0.717) is 17.9 Å². The molecule has 4 nitrogen and oxygen atoms in total. The van der Waals surface area contributed by atoms with Crippen LogP contribution in [0.3, 0.4) is 0 Å². The molecule has 0 aliphatic carbocycles. The molecule has 0 amide bonds. The van der Waals surface area contributed by atoms with Gasteiger partial charge in [0.1, 0.15) is 5.82 Å². The molecule has 0 spiro atoms. The minimum Gasteiger partial charge on any atom is -0.478 e. The third-order valence-electron chi connectivity index (χ3n) is 3.11. The Morgan fingerprint density at radius 2 is 2.00 bits per heavy atom. The van der Waals surface area contributed by atoms with E-state index in [0.717, 1.165) is 5.56 Å². The first kappa shape index (κ1) is 13.2. The number of carboxylic acids is 1. The van der Waals surface area contributed by atoms with E-state index >= 15 is 0 Å². The average molecular weight is 256 g/mol. The van der Waals surface area contributed by atoms with E-state index in [9.17, 15) is 4.79 Å². The van der Waals surface area contributed by atoms with Crippen LogP contribution in [-0.2, 0) is 6.42 Å². The highest BCUT2D eigenvalue weighted by atomic mass is 16.4. The highest BCUT2D eigenvalue weighted by Crippen LogP contribution is 2.14. The van der Waals surface area contributed by atoms with Crippen molar-refractivity contribution in [2.45, 2.75) is 27.2 Å². The second kappa shape index (κ2) is 5.18. The summed E-state index contributed by atoms with van der Waals surface area (Å²) in [5.41, 5.74) is 4.24. The number of carbonyl (C=O) groups is 1. The van der Waals surface area contributed by atoms with E-state index < -0.39 is 5.97 Å². The molecule has 1 aromatic carbocycles. The van der Waals surface area contributed by atoms with Crippen LogP contribution in [0.2, 0.25) is 0 Å². The summed E-state index contributed by atoms with van der Waals surface area (Å²) in [5.74, 6) is -0.343. The maximum atomic E-state index is 10.9. The van der Waals surface area contributed by atoms with Crippen molar-refractivity contribution >= 4 is 5.97 Å². The van der Waals surface area contributed by atoms with Crippen LogP contribution in [0.25, 0.3) is 0 Å². The zero-order chi connectivity index (χ0) is 14.0. The highest BCUT2D eigenvalue weighted by molar-refractivity contribution is 5.88. The molecule has 1 N–H and O–H groups in total. The van der Waals surface area contributed by atoms with Gasteiger partial charge in [-0.2, -0.15) is 0 Å². The van der Waals surface area contributed by atoms with Gasteiger partial charge in [-0.3, -0.25) is 0 Å². The zero-order valence-electron chi connectivity index (χ0n) is 11.3. The molecule has 2 rings (SSSR count). The van der Waals surface area contributed by atoms with Gasteiger partial charge in [0, 0.05) is 12.6 Å². The molecule has 0 radical (unpaired) electrons. The Kier molecular flexibility index (Phi) is 3.60. The number of aryl methyl sites for hydroxylation is 3. The van der Waals surface area contributed by atoms with Gasteiger partial charge in [0.25, 0.3) is 0 Å². The van der Waals surface area contributed by atoms with Crippen molar-refractivity contribution < 1.29 is 9.90 Å². The first-order valence-electron chi connectivity index (χ1n) is 6.09. The Hall–Kier alpha value is -2.23. The first-order chi connectivity index (χ1) is 8.97. The molecule has 0 aliphatic rings. The van der Waals surface area contributed by atoms with Crippen LogP contribution in [0.4, 0.5) is 0 Å². The van der Waals surface area contributed by atoms with Crippen molar-refractivity contribution in [2.24, 2.45) is 0 Å². The zero-order valence-corrected chi connectivity index (χ0v) is 11.3. The van der Waals surface area contributed by atoms with E-state index in [1.54, 1.807) is 6.92 Å². The molecule has 0 atom stereocenters. The van der Waals surface area contributed by atoms with Crippen LogP contribution in [0.5, 0.6) is 0 Å². The van der Waals surface area contributed by atoms with Gasteiger partial charge in [0.2, 0.25) is 0 Å². The molecule has 4 heteroatoms. The summed E-state index contributed by atoms with van der Waals surface area (Å²) in [6, 6.07) is 6.24. The lowest BCUT2D eigenvalue weighted by molar-refractivity contribution is 0.0695. The standard InChI is InChI=1S/C15H16N2O2/c1-9-4-5-12(10(2)6-9)7-14-16-8-13(15(18)19)11(3)17-14/h4-6,8H,7H2,1-3H3,(H,18,19). The topological polar surface area (TPSA) is 63.1 Å². The lowest BCUT2D eigenvalue weighted by atomic mass is 10.0. The van der Waals surface area contributed by atoms with Crippen LogP contribution < -0.4 is 0 Å². The quantitative estimate of drug-likeness (QED) is 0.917. The number of benzene rings is 1. The number of aromatic carboxylic acids is 1. The van der Waals surface area contributed by atoms with Gasteiger partial charge in [0.15, 0.2) is 0 Å². The fourth-order valence-electron chi connectivity index (χ4n) is 2.02. The number of aromatic nitrogens is 2. The van der Waals surface area contributed by atoms with Crippen LogP contribution in [-0.4, -0.2) is 21.0 Å². The fraction of sp³-hybridized carbons (Fsp3) is 0.267. The summed E-state index contributed by atoms with van der Waals surface area (Å²) in [7, 11) is 0. The molecular weight excluding hydrogens is 240 g/mol. The van der Waals surface area contributed by atoms with Gasteiger partial charge < -0.3 is 5.11 Å². The highest BCUT2D eigenvalue weighted by Gasteiger charge is 2.10. The summed E-state index contributed by atoms with van der Waals surface area (Å²) in [6.45, 7) is 5.80. The average Bonchev–Trinajstić information content (AvgIpc) is 2.32. The summed E-state index contributed by atoms with van der Waals surface area (Å²) < 4.78 is 0. The van der Waals surface area contributed by atoms with Crippen LogP contribution in [0, 0.1) is 20.8 Å². The predicted octanol–water partition coefficient (Wildman–Crippen LogP) is 2.69. The Balaban J connectivity index is 2.29. The minimum atomic E-state index is -0.990. The van der Waals surface area contributed by atoms with Crippen LogP contribution >= 0.6 is 0 Å². The Labute approximate surface area is 112 Å². The molecule has 2 aromatic rings. The maximum absolute atomic E-state index is 10.9. The normalized spacial score (nSPS) is 10.5. The molecular formula is C15H16N2O2. The van der Waals surface area contributed by atoms with E-state index in [1.807, 2.05) is 0 Å². The molecule has 0 unspecified atom stereocenters. The lowest BCUT2D eigenvalue weighted by Gasteiger charge is -2.07. The molecule has 1 heterocycles. The van der Waals surface area contributed by atoms with E-state index in [1.165, 1.54) is 17.3 Å². The van der Waals surface area contributed by atoms with Crippen LogP contribution in [0.1, 0.15) is 38.6 Å². The minimum absolute atomic E-state index is 0.157. The first-order valence-corrected chi connectivity index (χ1v) is 6.09. The Morgan fingerprint density at radius 3 is 2.58 bits per heavy atom. The van der Waals surface area contributed by atoms with E-state index in [4.69, 9.17) is 5.11 Å². The summed E-state index contributed by atoms with van der Waals surface area (Å²) in [5, 5.41) is 8.94. The Bertz CT molecular complexity index is 636. The van der Waals surface area contributed by atoms with Gasteiger partial charge in [-0.1, -0.05) is 23.8 Å². The van der Waals surface area contributed by atoms with Crippen molar-refractivity contribution in [2.75, 3.05) is 0 Å². The molecule has 0 bridgehead atoms. The number of nitrogens with zero attached hydrogens (tertiary/aromatic N) is 2. The smallest absolute Gasteiger partial charge is 0.339 e. The van der Waals surface area contributed by atoms with Gasteiger partial charge in [-0.25, -0.2) is 14.8 Å². The van der Waals surface area contributed by atoms with Crippen molar-refractivity contribution in [3.63, 3.8) is 0 Å². The van der Waals surface area contributed by atoms with E-state index in [2.05, 4.69) is 42.0 Å². The second-order valence-electron chi connectivity index (χ2n) is 4.70. The molecule has 0 fully saturated rings. The number of rotatable bonds is 3. The van der Waals surface area contributed by atoms with Crippen molar-refractivity contribution in [3.05, 3.63) is 58.2 Å². The fourth-order valence-corrected chi connectivity index (χ4v) is 2.02. The molecule has 98 valence electrons. The number of hydrogen-bond donors (Lipinski definition) is 1. The lowest BCUT2D eigenvalue weighted by Crippen LogP contribution is -2.07. The largest absolute Gasteiger partial charge is 0.478 e. The van der Waals surface area contributed by atoms with Gasteiger partial charge in [0.05, 0.1) is 11.3 Å². The summed E-state index contributed by atoms with van der Waals surface area (Å²) in [6.07, 6.45) is 2.00. The van der Waals surface area contributed by atoms with Crippen molar-refractivity contribution in [1.29, 1.82) is 0 Å². The monoisotopic (exact) mass is 256 g/mol. The molecule has 0 aliphatic heterocycles. The number of hydrogen-bond acceptors (Lipinski definition) is 3. The Morgan fingerprint density at radius 1 is 1.26 bits per heavy atom. The second-order valence-corrected chi connectivity index (χ2v) is 4.70. The van der Waals surface area contributed by atoms with Crippen molar-refractivity contribution in [1.82, 2.24) is 9.97 Å². The van der Waals surface area contributed by atoms with Crippen molar-refractivity contribution in [3.8, 4) is 0 Å². The van der Waals surface area contributed by atoms with Gasteiger partial charge in [-0.15, -0.1) is 0 Å². The molecule has 1 aromatic heterocycles. The maximum Gasteiger partial charge on any atom is 0.339 e. The van der Waals surface area contributed by atoms with Gasteiger partial charge in [-0.05, 0) is 31.9 Å². The third-order valence-corrected chi connectivity index (χ3v) is 3.11. The number of carboxylic acid groups (broad SMARTS) is 1. The molecule has 19 heavy (non-hydrogen) atoms. The van der Waals surface area contributed by atoms with Gasteiger partial charge >= 0.3 is 5.97 Å². The SMILES string of the molecule is Cc1ccc(Cc2ncc(C(=O)O)c(C)n2)c(C)c1. The van der Waals surface area contributed by atoms with Crippen LogP contribution in [0.15, 0.2) is 24.4 Å². The predicted molar refractivity (Wildman–Crippen MR) is 72.5 cm³/mol. The molecule has 0 saturated carbocycles. The summed E-state index contributed by atoms with van der Waals surface area (Å²) in [4.78, 5) is 19.3. The summed E-state index contributed by atoms with van der Waals surface area (Å²) >= 11 is 0. The van der Waals surface area contributed by atoms with E-state index in [-0.39, 0.29) is 5.56 Å². The third kappa shape index (κ3) is 2.96.